The minimum absolute atomic E-state index is 0.00968. The van der Waals surface area contributed by atoms with Crippen molar-refractivity contribution < 1.29 is 18.1 Å². The summed E-state index contributed by atoms with van der Waals surface area (Å²) >= 11 is 0. The van der Waals surface area contributed by atoms with Crippen LogP contribution in [0.5, 0.6) is 0 Å². The second kappa shape index (κ2) is 8.37. The number of likely N-dealkylation sites (tertiary alicyclic amines) is 1. The average Bonchev–Trinajstić information content (AvgIpc) is 3.48. The first kappa shape index (κ1) is 20.1. The Morgan fingerprint density at radius 1 is 1.12 bits per heavy atom. The number of hydrogen-bond donors (Lipinski definition) is 0. The smallest absolute Gasteiger partial charge is 0.254 e. The SMILES string of the molecule is Cc1noc(C2CCCN(C(=O)c3ccccc3-c3ncc(-c4ccccc4F)o3)C2)n1. The van der Waals surface area contributed by atoms with Crippen molar-refractivity contribution in [3.8, 4) is 22.8 Å². The predicted octanol–water partition coefficient (Wildman–Crippen LogP) is 4.86. The van der Waals surface area contributed by atoms with Crippen LogP contribution in [0.4, 0.5) is 4.39 Å². The highest BCUT2D eigenvalue weighted by molar-refractivity contribution is 6.00. The van der Waals surface area contributed by atoms with Gasteiger partial charge in [0.1, 0.15) is 5.82 Å². The largest absolute Gasteiger partial charge is 0.436 e. The lowest BCUT2D eigenvalue weighted by molar-refractivity contribution is 0.0696. The summed E-state index contributed by atoms with van der Waals surface area (Å²) in [6.45, 7) is 2.92. The Bertz CT molecular complexity index is 1270. The maximum absolute atomic E-state index is 14.1. The molecule has 7 nitrogen and oxygen atoms in total. The van der Waals surface area contributed by atoms with Gasteiger partial charge < -0.3 is 13.8 Å². The second-order valence-corrected chi connectivity index (χ2v) is 7.83. The van der Waals surface area contributed by atoms with E-state index in [-0.39, 0.29) is 17.7 Å². The van der Waals surface area contributed by atoms with Gasteiger partial charge in [-0.3, -0.25) is 4.79 Å². The van der Waals surface area contributed by atoms with Crippen LogP contribution in [0.15, 0.2) is 63.7 Å². The molecule has 1 saturated heterocycles. The number of carbonyl (C=O) groups is 1. The first-order valence-corrected chi connectivity index (χ1v) is 10.5. The summed E-state index contributed by atoms with van der Waals surface area (Å²) in [5, 5.41) is 3.87. The van der Waals surface area contributed by atoms with Gasteiger partial charge in [0.25, 0.3) is 5.91 Å². The predicted molar refractivity (Wildman–Crippen MR) is 114 cm³/mol. The van der Waals surface area contributed by atoms with Gasteiger partial charge in [0.05, 0.1) is 23.2 Å². The Labute approximate surface area is 183 Å². The normalized spacial score (nSPS) is 16.3. The molecule has 1 unspecified atom stereocenters. The van der Waals surface area contributed by atoms with Crippen molar-refractivity contribution in [3.63, 3.8) is 0 Å². The van der Waals surface area contributed by atoms with E-state index in [2.05, 4.69) is 15.1 Å². The van der Waals surface area contributed by atoms with Crippen LogP contribution >= 0.6 is 0 Å². The molecule has 0 spiro atoms. The van der Waals surface area contributed by atoms with Crippen LogP contribution in [-0.2, 0) is 0 Å². The van der Waals surface area contributed by atoms with E-state index in [9.17, 15) is 9.18 Å². The van der Waals surface area contributed by atoms with Crippen molar-refractivity contribution in [3.05, 3.63) is 77.8 Å². The average molecular weight is 432 g/mol. The molecule has 4 aromatic rings. The molecule has 0 N–H and O–H groups in total. The molecule has 1 atom stereocenters. The van der Waals surface area contributed by atoms with E-state index in [4.69, 9.17) is 8.94 Å². The molecule has 2 aromatic heterocycles. The lowest BCUT2D eigenvalue weighted by Crippen LogP contribution is -2.39. The molecule has 162 valence electrons. The third kappa shape index (κ3) is 3.79. The van der Waals surface area contributed by atoms with Crippen molar-refractivity contribution in [1.82, 2.24) is 20.0 Å². The molecule has 5 rings (SSSR count). The number of aryl methyl sites for hydroxylation is 1. The lowest BCUT2D eigenvalue weighted by atomic mass is 9.96. The number of amides is 1. The Hall–Kier alpha value is -3.81. The van der Waals surface area contributed by atoms with Gasteiger partial charge in [-0.15, -0.1) is 0 Å². The van der Waals surface area contributed by atoms with Crippen molar-refractivity contribution in [1.29, 1.82) is 0 Å². The molecular formula is C24H21FN4O3. The number of rotatable bonds is 4. The maximum Gasteiger partial charge on any atom is 0.254 e. The molecule has 0 aliphatic carbocycles. The summed E-state index contributed by atoms with van der Waals surface area (Å²) in [5.41, 5.74) is 1.37. The van der Waals surface area contributed by atoms with Crippen LogP contribution in [0.2, 0.25) is 0 Å². The first-order chi connectivity index (χ1) is 15.6. The number of benzene rings is 2. The fourth-order valence-electron chi connectivity index (χ4n) is 4.05. The monoisotopic (exact) mass is 432 g/mol. The Balaban J connectivity index is 1.42. The molecule has 1 amide bonds. The Kier molecular flexibility index (Phi) is 5.26. The van der Waals surface area contributed by atoms with Crippen LogP contribution < -0.4 is 0 Å². The van der Waals surface area contributed by atoms with E-state index in [0.717, 1.165) is 12.8 Å². The molecule has 3 heterocycles. The second-order valence-electron chi connectivity index (χ2n) is 7.83. The quantitative estimate of drug-likeness (QED) is 0.458. The number of nitrogens with zero attached hydrogens (tertiary/aromatic N) is 4. The summed E-state index contributed by atoms with van der Waals surface area (Å²) < 4.78 is 25.3. The van der Waals surface area contributed by atoms with Crippen molar-refractivity contribution in [2.45, 2.75) is 25.7 Å². The maximum atomic E-state index is 14.1. The fourth-order valence-corrected chi connectivity index (χ4v) is 4.05. The Morgan fingerprint density at radius 2 is 1.91 bits per heavy atom. The standard InChI is InChI=1S/C24H21FN4O3/c1-15-27-22(32-28-15)16-7-6-12-29(14-16)24(30)18-9-3-2-8-17(18)23-26-13-21(31-23)19-10-4-5-11-20(19)25/h2-5,8-11,13,16H,6-7,12,14H2,1H3. The molecule has 8 heteroatoms. The van der Waals surface area contributed by atoms with Gasteiger partial charge in [0.2, 0.25) is 11.8 Å². The van der Waals surface area contributed by atoms with Crippen LogP contribution in [0.1, 0.15) is 40.8 Å². The van der Waals surface area contributed by atoms with E-state index < -0.39 is 5.82 Å². The summed E-state index contributed by atoms with van der Waals surface area (Å²) in [5.74, 6) is 1.23. The summed E-state index contributed by atoms with van der Waals surface area (Å²) in [6, 6.07) is 13.5. The van der Waals surface area contributed by atoms with Gasteiger partial charge in [0, 0.05) is 18.7 Å². The topological polar surface area (TPSA) is 85.3 Å². The third-order valence-electron chi connectivity index (χ3n) is 5.63. The van der Waals surface area contributed by atoms with Gasteiger partial charge in [-0.1, -0.05) is 29.4 Å². The zero-order chi connectivity index (χ0) is 22.1. The van der Waals surface area contributed by atoms with Crippen LogP contribution in [0.3, 0.4) is 0 Å². The van der Waals surface area contributed by atoms with Crippen LogP contribution in [-0.4, -0.2) is 39.0 Å². The van der Waals surface area contributed by atoms with Gasteiger partial charge in [-0.2, -0.15) is 4.98 Å². The van der Waals surface area contributed by atoms with E-state index in [0.29, 0.717) is 47.3 Å². The van der Waals surface area contributed by atoms with E-state index >= 15 is 0 Å². The number of hydrogen-bond acceptors (Lipinski definition) is 6. The van der Waals surface area contributed by atoms with Crippen LogP contribution in [0, 0.1) is 12.7 Å². The van der Waals surface area contributed by atoms with E-state index in [1.54, 1.807) is 48.2 Å². The molecule has 2 aromatic carbocycles. The summed E-state index contributed by atoms with van der Waals surface area (Å²) in [6.07, 6.45) is 3.21. The first-order valence-electron chi connectivity index (χ1n) is 10.5. The molecule has 0 bridgehead atoms. The van der Waals surface area contributed by atoms with Gasteiger partial charge in [-0.05, 0) is 44.0 Å². The molecule has 1 aliphatic rings. The van der Waals surface area contributed by atoms with Gasteiger partial charge in [0.15, 0.2) is 11.6 Å². The van der Waals surface area contributed by atoms with Crippen molar-refractivity contribution >= 4 is 5.91 Å². The van der Waals surface area contributed by atoms with Gasteiger partial charge >= 0.3 is 0 Å². The summed E-state index contributed by atoms with van der Waals surface area (Å²) in [4.78, 5) is 23.9. The van der Waals surface area contributed by atoms with Crippen molar-refractivity contribution in [2.24, 2.45) is 0 Å². The zero-order valence-corrected chi connectivity index (χ0v) is 17.5. The number of oxazole rings is 1. The molecule has 0 radical (unpaired) electrons. The number of halogens is 1. The molecular weight excluding hydrogens is 411 g/mol. The fraction of sp³-hybridized carbons (Fsp3) is 0.250. The highest BCUT2D eigenvalue weighted by Crippen LogP contribution is 2.32. The van der Waals surface area contributed by atoms with E-state index in [1.807, 2.05) is 6.07 Å². The molecule has 32 heavy (non-hydrogen) atoms. The molecule has 1 aliphatic heterocycles. The number of carbonyl (C=O) groups excluding carboxylic acids is 1. The minimum atomic E-state index is -0.393. The lowest BCUT2D eigenvalue weighted by Gasteiger charge is -2.31. The minimum Gasteiger partial charge on any atom is -0.436 e. The third-order valence-corrected chi connectivity index (χ3v) is 5.63. The van der Waals surface area contributed by atoms with Gasteiger partial charge in [-0.25, -0.2) is 9.37 Å². The van der Waals surface area contributed by atoms with Crippen LogP contribution in [0.25, 0.3) is 22.8 Å². The highest BCUT2D eigenvalue weighted by atomic mass is 19.1. The highest BCUT2D eigenvalue weighted by Gasteiger charge is 2.30. The Morgan fingerprint density at radius 3 is 2.69 bits per heavy atom. The van der Waals surface area contributed by atoms with Crippen molar-refractivity contribution in [2.75, 3.05) is 13.1 Å². The summed E-state index contributed by atoms with van der Waals surface area (Å²) in [7, 11) is 0. The van der Waals surface area contributed by atoms with E-state index in [1.165, 1.54) is 12.3 Å². The number of piperidine rings is 1. The molecule has 0 saturated carbocycles. The molecule has 1 fully saturated rings. The number of aromatic nitrogens is 3. The zero-order valence-electron chi connectivity index (χ0n) is 17.5.